The maximum atomic E-state index is 13.1. The zero-order valence-electron chi connectivity index (χ0n) is 9.95. The van der Waals surface area contributed by atoms with Gasteiger partial charge in [-0.25, -0.2) is 9.07 Å². The van der Waals surface area contributed by atoms with E-state index in [9.17, 15) is 4.39 Å². The zero-order chi connectivity index (χ0) is 12.6. The predicted octanol–water partition coefficient (Wildman–Crippen LogP) is 2.81. The topological polar surface area (TPSA) is 41.6 Å². The number of aromatic nitrogens is 2. The van der Waals surface area contributed by atoms with Gasteiger partial charge in [-0.05, 0) is 44.5 Å². The molecular formula is C13H12FN3. The molecule has 0 aliphatic heterocycles. The molecule has 0 bridgehead atoms. The largest absolute Gasteiger partial charge is 0.236 e. The van der Waals surface area contributed by atoms with Gasteiger partial charge in [-0.1, -0.05) is 0 Å². The number of benzene rings is 1. The predicted molar refractivity (Wildman–Crippen MR) is 62.4 cm³/mol. The fraction of sp³-hybridized carbons (Fsp3) is 0.231. The van der Waals surface area contributed by atoms with Crippen LogP contribution in [0.5, 0.6) is 0 Å². The summed E-state index contributed by atoms with van der Waals surface area (Å²) in [5.74, 6) is -0.413. The van der Waals surface area contributed by atoms with Crippen molar-refractivity contribution in [2.75, 3.05) is 0 Å². The van der Waals surface area contributed by atoms with E-state index in [4.69, 9.17) is 5.26 Å². The van der Waals surface area contributed by atoms with Crippen molar-refractivity contribution in [3.63, 3.8) is 0 Å². The SMILES string of the molecule is Cc1nn(-c2ccc(F)cc2C#N)c(C)c1C. The smallest absolute Gasteiger partial charge is 0.124 e. The van der Waals surface area contributed by atoms with E-state index in [0.717, 1.165) is 17.0 Å². The molecule has 0 radical (unpaired) electrons. The molecule has 0 saturated carbocycles. The van der Waals surface area contributed by atoms with Gasteiger partial charge >= 0.3 is 0 Å². The fourth-order valence-electron chi connectivity index (χ4n) is 1.74. The van der Waals surface area contributed by atoms with Crippen molar-refractivity contribution in [1.82, 2.24) is 9.78 Å². The maximum absolute atomic E-state index is 13.1. The van der Waals surface area contributed by atoms with Gasteiger partial charge in [0.15, 0.2) is 0 Å². The van der Waals surface area contributed by atoms with Gasteiger partial charge in [0, 0.05) is 5.69 Å². The van der Waals surface area contributed by atoms with Crippen LogP contribution in [-0.4, -0.2) is 9.78 Å². The summed E-state index contributed by atoms with van der Waals surface area (Å²) in [7, 11) is 0. The average molecular weight is 229 g/mol. The van der Waals surface area contributed by atoms with Crippen molar-refractivity contribution >= 4 is 0 Å². The summed E-state index contributed by atoms with van der Waals surface area (Å²) >= 11 is 0. The Bertz CT molecular complexity index is 620. The van der Waals surface area contributed by atoms with Crippen LogP contribution in [0.2, 0.25) is 0 Å². The van der Waals surface area contributed by atoms with E-state index in [1.807, 2.05) is 26.8 Å². The second-order valence-corrected chi connectivity index (χ2v) is 3.98. The number of halogens is 1. The molecule has 0 aliphatic carbocycles. The van der Waals surface area contributed by atoms with Crippen molar-refractivity contribution in [3.05, 3.63) is 46.5 Å². The molecule has 0 spiro atoms. The number of nitriles is 1. The molecule has 0 atom stereocenters. The third kappa shape index (κ3) is 1.80. The van der Waals surface area contributed by atoms with Crippen LogP contribution in [0.4, 0.5) is 4.39 Å². The van der Waals surface area contributed by atoms with E-state index in [1.54, 1.807) is 10.7 Å². The van der Waals surface area contributed by atoms with Crippen LogP contribution in [0.15, 0.2) is 18.2 Å². The highest BCUT2D eigenvalue weighted by atomic mass is 19.1. The van der Waals surface area contributed by atoms with Gasteiger partial charge < -0.3 is 0 Å². The Hall–Kier alpha value is -2.15. The number of aryl methyl sites for hydroxylation is 1. The monoisotopic (exact) mass is 229 g/mol. The highest BCUT2D eigenvalue weighted by molar-refractivity contribution is 5.50. The van der Waals surface area contributed by atoms with Crippen molar-refractivity contribution in [2.45, 2.75) is 20.8 Å². The molecule has 3 nitrogen and oxygen atoms in total. The van der Waals surface area contributed by atoms with E-state index in [2.05, 4.69) is 5.10 Å². The molecule has 4 heteroatoms. The lowest BCUT2D eigenvalue weighted by Gasteiger charge is -2.06. The lowest BCUT2D eigenvalue weighted by Crippen LogP contribution is -2.02. The van der Waals surface area contributed by atoms with Crippen LogP contribution in [0.1, 0.15) is 22.5 Å². The Kier molecular flexibility index (Phi) is 2.68. The van der Waals surface area contributed by atoms with Gasteiger partial charge in [0.05, 0.1) is 16.9 Å². The lowest BCUT2D eigenvalue weighted by atomic mass is 10.2. The summed E-state index contributed by atoms with van der Waals surface area (Å²) in [6.07, 6.45) is 0. The summed E-state index contributed by atoms with van der Waals surface area (Å²) in [6, 6.07) is 6.12. The molecule has 2 aromatic rings. The Morgan fingerprint density at radius 2 is 2.00 bits per heavy atom. The van der Waals surface area contributed by atoms with Crippen molar-refractivity contribution in [1.29, 1.82) is 5.26 Å². The summed E-state index contributed by atoms with van der Waals surface area (Å²) in [6.45, 7) is 5.82. The molecule has 17 heavy (non-hydrogen) atoms. The third-order valence-electron chi connectivity index (χ3n) is 2.96. The second-order valence-electron chi connectivity index (χ2n) is 3.98. The van der Waals surface area contributed by atoms with Gasteiger partial charge in [0.25, 0.3) is 0 Å². The first kappa shape index (κ1) is 11.3. The molecule has 0 amide bonds. The number of hydrogen-bond donors (Lipinski definition) is 0. The van der Waals surface area contributed by atoms with E-state index in [1.165, 1.54) is 12.1 Å². The van der Waals surface area contributed by atoms with E-state index in [0.29, 0.717) is 5.69 Å². The molecule has 1 aromatic carbocycles. The van der Waals surface area contributed by atoms with Gasteiger partial charge in [0.2, 0.25) is 0 Å². The second kappa shape index (κ2) is 4.02. The minimum absolute atomic E-state index is 0.288. The molecule has 0 fully saturated rings. The third-order valence-corrected chi connectivity index (χ3v) is 2.96. The highest BCUT2D eigenvalue weighted by Gasteiger charge is 2.12. The Balaban J connectivity index is 2.69. The van der Waals surface area contributed by atoms with Gasteiger partial charge in [-0.2, -0.15) is 10.4 Å². The summed E-state index contributed by atoms with van der Waals surface area (Å²) < 4.78 is 14.7. The minimum atomic E-state index is -0.413. The molecular weight excluding hydrogens is 217 g/mol. The number of nitrogens with zero attached hydrogens (tertiary/aromatic N) is 3. The Morgan fingerprint density at radius 1 is 1.29 bits per heavy atom. The van der Waals surface area contributed by atoms with Crippen molar-refractivity contribution in [2.24, 2.45) is 0 Å². The first-order valence-corrected chi connectivity index (χ1v) is 5.27. The van der Waals surface area contributed by atoms with Gasteiger partial charge in [-0.3, -0.25) is 0 Å². The molecule has 0 aliphatic rings. The van der Waals surface area contributed by atoms with E-state index in [-0.39, 0.29) is 5.56 Å². The standard InChI is InChI=1S/C13H12FN3/c1-8-9(2)16-17(10(8)3)13-5-4-12(14)6-11(13)7-15/h4-6H,1-3H3. The van der Waals surface area contributed by atoms with Crippen LogP contribution in [0.3, 0.4) is 0 Å². The minimum Gasteiger partial charge on any atom is -0.236 e. The summed E-state index contributed by atoms with van der Waals surface area (Å²) in [5, 5.41) is 13.4. The quantitative estimate of drug-likeness (QED) is 0.754. The Morgan fingerprint density at radius 3 is 2.53 bits per heavy atom. The van der Waals surface area contributed by atoms with Crippen LogP contribution in [-0.2, 0) is 0 Å². The maximum Gasteiger partial charge on any atom is 0.124 e. The molecule has 0 saturated heterocycles. The molecule has 0 N–H and O–H groups in total. The van der Waals surface area contributed by atoms with Gasteiger partial charge in [-0.15, -0.1) is 0 Å². The number of hydrogen-bond acceptors (Lipinski definition) is 2. The van der Waals surface area contributed by atoms with E-state index >= 15 is 0 Å². The molecule has 0 unspecified atom stereocenters. The molecule has 86 valence electrons. The van der Waals surface area contributed by atoms with Crippen LogP contribution < -0.4 is 0 Å². The fourth-order valence-corrected chi connectivity index (χ4v) is 1.74. The highest BCUT2D eigenvalue weighted by Crippen LogP contribution is 2.20. The molecule has 2 rings (SSSR count). The Labute approximate surface area is 99.1 Å². The van der Waals surface area contributed by atoms with Crippen LogP contribution in [0, 0.1) is 37.9 Å². The molecule has 1 aromatic heterocycles. The van der Waals surface area contributed by atoms with E-state index < -0.39 is 5.82 Å². The van der Waals surface area contributed by atoms with Crippen LogP contribution in [0.25, 0.3) is 5.69 Å². The zero-order valence-corrected chi connectivity index (χ0v) is 9.95. The first-order chi connectivity index (χ1) is 8.04. The van der Waals surface area contributed by atoms with Crippen molar-refractivity contribution in [3.8, 4) is 11.8 Å². The first-order valence-electron chi connectivity index (χ1n) is 5.27. The normalized spacial score (nSPS) is 10.3. The van der Waals surface area contributed by atoms with Crippen molar-refractivity contribution < 1.29 is 4.39 Å². The van der Waals surface area contributed by atoms with Gasteiger partial charge in [0.1, 0.15) is 11.9 Å². The average Bonchev–Trinajstić information content (AvgIpc) is 2.57. The number of rotatable bonds is 1. The van der Waals surface area contributed by atoms with Crippen LogP contribution >= 0.6 is 0 Å². The summed E-state index contributed by atoms with van der Waals surface area (Å²) in [4.78, 5) is 0. The lowest BCUT2D eigenvalue weighted by molar-refractivity contribution is 0.626. The summed E-state index contributed by atoms with van der Waals surface area (Å²) in [5.41, 5.74) is 3.86. The molecule has 1 heterocycles.